The standard InChI is InChI=1S/C16H15NO/c17-15-9-8-13(11-6-7-11)10-14(15)16(18)12-4-2-1-3-5-12/h1-5,8-11H,6-7,17H2. The summed E-state index contributed by atoms with van der Waals surface area (Å²) < 4.78 is 0. The predicted octanol–water partition coefficient (Wildman–Crippen LogP) is 3.38. The summed E-state index contributed by atoms with van der Waals surface area (Å²) in [6.45, 7) is 0. The van der Waals surface area contributed by atoms with Crippen LogP contribution in [0.1, 0.15) is 40.2 Å². The molecule has 90 valence electrons. The number of nitrogen functional groups attached to an aromatic ring is 1. The molecule has 0 bridgehead atoms. The lowest BCUT2D eigenvalue weighted by Crippen LogP contribution is -2.06. The Morgan fingerprint density at radius 1 is 1.06 bits per heavy atom. The van der Waals surface area contributed by atoms with Crippen molar-refractivity contribution in [3.63, 3.8) is 0 Å². The molecule has 0 saturated heterocycles. The number of benzene rings is 2. The van der Waals surface area contributed by atoms with Crippen LogP contribution in [0.4, 0.5) is 5.69 Å². The SMILES string of the molecule is Nc1ccc(C2CC2)cc1C(=O)c1ccccc1. The van der Waals surface area contributed by atoms with Gasteiger partial charge in [0.05, 0.1) is 0 Å². The highest BCUT2D eigenvalue weighted by molar-refractivity contribution is 6.12. The molecule has 0 amide bonds. The molecule has 1 aliphatic carbocycles. The fourth-order valence-corrected chi connectivity index (χ4v) is 2.19. The van der Waals surface area contributed by atoms with Gasteiger partial charge in [0.15, 0.2) is 5.78 Å². The number of hydrogen-bond acceptors (Lipinski definition) is 2. The molecule has 2 heteroatoms. The topological polar surface area (TPSA) is 43.1 Å². The van der Waals surface area contributed by atoms with Crippen LogP contribution in [-0.2, 0) is 0 Å². The zero-order chi connectivity index (χ0) is 12.5. The van der Waals surface area contributed by atoms with Crippen molar-refractivity contribution >= 4 is 11.5 Å². The normalized spacial score (nSPS) is 14.4. The van der Waals surface area contributed by atoms with Gasteiger partial charge < -0.3 is 5.73 Å². The maximum atomic E-state index is 12.4. The van der Waals surface area contributed by atoms with E-state index in [1.807, 2.05) is 48.5 Å². The Kier molecular flexibility index (Phi) is 2.63. The molecule has 0 spiro atoms. The summed E-state index contributed by atoms with van der Waals surface area (Å²) in [4.78, 5) is 12.4. The van der Waals surface area contributed by atoms with Gasteiger partial charge in [0.1, 0.15) is 0 Å². The van der Waals surface area contributed by atoms with Crippen LogP contribution in [0.25, 0.3) is 0 Å². The molecule has 1 aliphatic rings. The van der Waals surface area contributed by atoms with Gasteiger partial charge in [-0.3, -0.25) is 4.79 Å². The number of nitrogens with two attached hydrogens (primary N) is 1. The quantitative estimate of drug-likeness (QED) is 0.657. The second kappa shape index (κ2) is 4.30. The Balaban J connectivity index is 2.00. The van der Waals surface area contributed by atoms with E-state index in [9.17, 15) is 4.79 Å². The van der Waals surface area contributed by atoms with Crippen molar-refractivity contribution in [2.45, 2.75) is 18.8 Å². The van der Waals surface area contributed by atoms with Crippen molar-refractivity contribution in [3.05, 3.63) is 65.2 Å². The van der Waals surface area contributed by atoms with Crippen LogP contribution in [0.3, 0.4) is 0 Å². The van der Waals surface area contributed by atoms with Crippen molar-refractivity contribution in [2.75, 3.05) is 5.73 Å². The molecule has 3 rings (SSSR count). The molecule has 0 radical (unpaired) electrons. The van der Waals surface area contributed by atoms with Gasteiger partial charge in [-0.15, -0.1) is 0 Å². The molecule has 0 unspecified atom stereocenters. The lowest BCUT2D eigenvalue weighted by atomic mass is 9.98. The third-order valence-electron chi connectivity index (χ3n) is 3.41. The molecule has 2 aromatic carbocycles. The van der Waals surface area contributed by atoms with Crippen LogP contribution in [-0.4, -0.2) is 5.78 Å². The number of hydrogen-bond donors (Lipinski definition) is 1. The van der Waals surface area contributed by atoms with E-state index in [-0.39, 0.29) is 5.78 Å². The van der Waals surface area contributed by atoms with E-state index in [2.05, 4.69) is 0 Å². The average molecular weight is 237 g/mol. The number of anilines is 1. The highest BCUT2D eigenvalue weighted by Crippen LogP contribution is 2.41. The maximum absolute atomic E-state index is 12.4. The molecule has 1 saturated carbocycles. The van der Waals surface area contributed by atoms with E-state index in [1.165, 1.54) is 18.4 Å². The molecule has 2 N–H and O–H groups in total. The Bertz CT molecular complexity index is 585. The fourth-order valence-electron chi connectivity index (χ4n) is 2.19. The molecular formula is C16H15NO. The van der Waals surface area contributed by atoms with Gasteiger partial charge >= 0.3 is 0 Å². The average Bonchev–Trinajstić information content (AvgIpc) is 3.24. The van der Waals surface area contributed by atoms with Gasteiger partial charge in [0.25, 0.3) is 0 Å². The van der Waals surface area contributed by atoms with Gasteiger partial charge in [0.2, 0.25) is 0 Å². The Hall–Kier alpha value is -2.09. The molecule has 18 heavy (non-hydrogen) atoms. The van der Waals surface area contributed by atoms with Crippen molar-refractivity contribution < 1.29 is 4.79 Å². The summed E-state index contributed by atoms with van der Waals surface area (Å²) in [7, 11) is 0. The molecule has 2 nitrogen and oxygen atoms in total. The number of carbonyl (C=O) groups is 1. The third-order valence-corrected chi connectivity index (χ3v) is 3.41. The van der Waals surface area contributed by atoms with E-state index in [4.69, 9.17) is 5.73 Å². The minimum atomic E-state index is 0.00981. The molecule has 0 aromatic heterocycles. The summed E-state index contributed by atoms with van der Waals surface area (Å²) in [5.74, 6) is 0.642. The number of rotatable bonds is 3. The number of ketones is 1. The second-order valence-electron chi connectivity index (χ2n) is 4.82. The van der Waals surface area contributed by atoms with Crippen LogP contribution >= 0.6 is 0 Å². The third kappa shape index (κ3) is 2.02. The summed E-state index contributed by atoms with van der Waals surface area (Å²) in [5.41, 5.74) is 9.05. The summed E-state index contributed by atoms with van der Waals surface area (Å²) >= 11 is 0. The summed E-state index contributed by atoms with van der Waals surface area (Å²) in [5, 5.41) is 0. The highest BCUT2D eigenvalue weighted by Gasteiger charge is 2.25. The molecule has 1 fully saturated rings. The summed E-state index contributed by atoms with van der Waals surface area (Å²) in [6, 6.07) is 15.1. The first-order valence-corrected chi connectivity index (χ1v) is 6.25. The van der Waals surface area contributed by atoms with Gasteiger partial charge in [-0.25, -0.2) is 0 Å². The van der Waals surface area contributed by atoms with Crippen LogP contribution in [0, 0.1) is 0 Å². The van der Waals surface area contributed by atoms with E-state index in [0.717, 1.165) is 0 Å². The molecular weight excluding hydrogens is 222 g/mol. The zero-order valence-electron chi connectivity index (χ0n) is 10.1. The minimum Gasteiger partial charge on any atom is -0.398 e. The zero-order valence-corrected chi connectivity index (χ0v) is 10.1. The van der Waals surface area contributed by atoms with Crippen molar-refractivity contribution in [2.24, 2.45) is 0 Å². The molecule has 0 aliphatic heterocycles. The van der Waals surface area contributed by atoms with Gasteiger partial charge in [-0.05, 0) is 36.5 Å². The Morgan fingerprint density at radius 3 is 2.44 bits per heavy atom. The van der Waals surface area contributed by atoms with Crippen molar-refractivity contribution in [1.29, 1.82) is 0 Å². The van der Waals surface area contributed by atoms with Crippen molar-refractivity contribution in [3.8, 4) is 0 Å². The predicted molar refractivity (Wildman–Crippen MR) is 72.7 cm³/mol. The van der Waals surface area contributed by atoms with Crippen LogP contribution in [0.5, 0.6) is 0 Å². The lowest BCUT2D eigenvalue weighted by molar-refractivity contribution is 0.103. The highest BCUT2D eigenvalue weighted by atomic mass is 16.1. The molecule has 0 heterocycles. The van der Waals surface area contributed by atoms with Crippen LogP contribution < -0.4 is 5.73 Å². The first kappa shape index (κ1) is 11.0. The largest absolute Gasteiger partial charge is 0.398 e. The van der Waals surface area contributed by atoms with Gasteiger partial charge in [0, 0.05) is 16.8 Å². The van der Waals surface area contributed by atoms with Gasteiger partial charge in [-0.2, -0.15) is 0 Å². The first-order chi connectivity index (χ1) is 8.75. The maximum Gasteiger partial charge on any atom is 0.195 e. The van der Waals surface area contributed by atoms with Crippen LogP contribution in [0.2, 0.25) is 0 Å². The second-order valence-corrected chi connectivity index (χ2v) is 4.82. The first-order valence-electron chi connectivity index (χ1n) is 6.25. The Morgan fingerprint density at radius 2 is 1.78 bits per heavy atom. The van der Waals surface area contributed by atoms with E-state index >= 15 is 0 Å². The van der Waals surface area contributed by atoms with E-state index in [0.29, 0.717) is 22.7 Å². The molecule has 2 aromatic rings. The van der Waals surface area contributed by atoms with Gasteiger partial charge in [-0.1, -0.05) is 36.4 Å². The number of carbonyl (C=O) groups excluding carboxylic acids is 1. The van der Waals surface area contributed by atoms with Crippen molar-refractivity contribution in [1.82, 2.24) is 0 Å². The van der Waals surface area contributed by atoms with E-state index < -0.39 is 0 Å². The van der Waals surface area contributed by atoms with E-state index in [1.54, 1.807) is 0 Å². The van der Waals surface area contributed by atoms with Crippen LogP contribution in [0.15, 0.2) is 48.5 Å². The molecule has 0 atom stereocenters. The smallest absolute Gasteiger partial charge is 0.195 e. The monoisotopic (exact) mass is 237 g/mol. The lowest BCUT2D eigenvalue weighted by Gasteiger charge is -2.07. The fraction of sp³-hybridized carbons (Fsp3) is 0.188. The summed E-state index contributed by atoms with van der Waals surface area (Å²) in [6.07, 6.45) is 2.45. The Labute approximate surface area is 106 Å². The minimum absolute atomic E-state index is 0.00981.